The number of benzene rings is 1. The normalized spacial score (nSPS) is 15.5. The van der Waals surface area contributed by atoms with Crippen LogP contribution in [0.5, 0.6) is 0 Å². The van der Waals surface area contributed by atoms with Gasteiger partial charge in [0, 0.05) is 22.5 Å². The summed E-state index contributed by atoms with van der Waals surface area (Å²) in [6.07, 6.45) is 7.34. The first-order valence-electron chi connectivity index (χ1n) is 12.9. The van der Waals surface area contributed by atoms with E-state index in [0.717, 1.165) is 47.9 Å². The molecule has 1 aliphatic rings. The Labute approximate surface area is 218 Å². The topological polar surface area (TPSA) is 92.8 Å². The molecule has 0 saturated heterocycles. The molecule has 1 atom stereocenters. The Hall–Kier alpha value is -3.56. The molecule has 1 aromatic carbocycles. The van der Waals surface area contributed by atoms with E-state index in [9.17, 15) is 4.79 Å². The van der Waals surface area contributed by atoms with Crippen molar-refractivity contribution < 1.29 is 4.42 Å². The minimum atomic E-state index is -0.460. The summed E-state index contributed by atoms with van der Waals surface area (Å²) in [5.74, 6) is 1.53. The minimum Gasteiger partial charge on any atom is -0.468 e. The van der Waals surface area contributed by atoms with Crippen LogP contribution in [-0.4, -0.2) is 30.1 Å². The van der Waals surface area contributed by atoms with E-state index < -0.39 is 6.04 Å². The van der Waals surface area contributed by atoms with E-state index in [4.69, 9.17) is 4.42 Å². The van der Waals surface area contributed by atoms with Crippen molar-refractivity contribution in [1.29, 1.82) is 0 Å². The predicted molar refractivity (Wildman–Crippen MR) is 143 cm³/mol. The van der Waals surface area contributed by atoms with E-state index in [1.807, 2.05) is 35.9 Å². The summed E-state index contributed by atoms with van der Waals surface area (Å²) in [7, 11) is 0. The number of tetrazole rings is 1. The number of H-pyrrole nitrogens is 1. The molecule has 1 aliphatic carbocycles. The van der Waals surface area contributed by atoms with E-state index in [-0.39, 0.29) is 11.6 Å². The number of thiophene rings is 1. The van der Waals surface area contributed by atoms with Gasteiger partial charge in [-0.3, -0.25) is 9.69 Å². The Balaban J connectivity index is 1.52. The van der Waals surface area contributed by atoms with Crippen LogP contribution in [0.3, 0.4) is 0 Å². The first kappa shape index (κ1) is 23.8. The molecule has 0 aliphatic heterocycles. The van der Waals surface area contributed by atoms with Gasteiger partial charge in [-0.2, -0.15) is 0 Å². The van der Waals surface area contributed by atoms with Crippen LogP contribution in [0, 0.1) is 6.92 Å². The molecule has 0 radical (unpaired) electrons. The molecule has 4 aromatic heterocycles. The third kappa shape index (κ3) is 5.01. The van der Waals surface area contributed by atoms with E-state index in [2.05, 4.69) is 55.1 Å². The fourth-order valence-electron chi connectivity index (χ4n) is 5.44. The van der Waals surface area contributed by atoms with Gasteiger partial charge in [-0.1, -0.05) is 37.5 Å². The van der Waals surface area contributed by atoms with Crippen molar-refractivity contribution in [3.8, 4) is 0 Å². The van der Waals surface area contributed by atoms with Crippen molar-refractivity contribution in [3.05, 3.63) is 98.1 Å². The van der Waals surface area contributed by atoms with Crippen molar-refractivity contribution in [2.75, 3.05) is 0 Å². The van der Waals surface area contributed by atoms with Crippen molar-refractivity contribution in [3.63, 3.8) is 0 Å². The molecule has 1 N–H and O–H groups in total. The highest BCUT2D eigenvalue weighted by molar-refractivity contribution is 7.09. The van der Waals surface area contributed by atoms with E-state index in [1.54, 1.807) is 17.6 Å². The molecule has 0 bridgehead atoms. The summed E-state index contributed by atoms with van der Waals surface area (Å²) in [5, 5.41) is 16.2. The Morgan fingerprint density at radius 1 is 1.14 bits per heavy atom. The SMILES string of the molecule is Cc1ccc2cc([C@@H](c3nnnn3C3CCCCC3)N(Cc3ccco3)Cc3cccs3)c(=O)[nH]c2c1. The minimum absolute atomic E-state index is 0.128. The number of aromatic amines is 1. The van der Waals surface area contributed by atoms with Crippen LogP contribution in [0.4, 0.5) is 0 Å². The second-order valence-electron chi connectivity index (χ2n) is 9.88. The molecule has 190 valence electrons. The van der Waals surface area contributed by atoms with Gasteiger partial charge in [-0.15, -0.1) is 16.4 Å². The molecule has 0 spiro atoms. The quantitative estimate of drug-likeness (QED) is 0.282. The summed E-state index contributed by atoms with van der Waals surface area (Å²) in [6, 6.07) is 15.9. The summed E-state index contributed by atoms with van der Waals surface area (Å²) >= 11 is 1.70. The highest BCUT2D eigenvalue weighted by Gasteiger charge is 2.33. The Morgan fingerprint density at radius 3 is 2.81 bits per heavy atom. The lowest BCUT2D eigenvalue weighted by Gasteiger charge is -2.31. The zero-order chi connectivity index (χ0) is 25.2. The third-order valence-corrected chi connectivity index (χ3v) is 8.11. The zero-order valence-corrected chi connectivity index (χ0v) is 21.7. The van der Waals surface area contributed by atoms with Crippen molar-refractivity contribution in [2.24, 2.45) is 0 Å². The maximum atomic E-state index is 13.7. The lowest BCUT2D eigenvalue weighted by Crippen LogP contribution is -2.35. The number of pyridine rings is 1. The van der Waals surface area contributed by atoms with Crippen LogP contribution in [0.15, 0.2) is 69.4 Å². The molecule has 8 nitrogen and oxygen atoms in total. The monoisotopic (exact) mass is 514 g/mol. The number of aryl methyl sites for hydroxylation is 1. The molecule has 6 rings (SSSR count). The molecule has 0 unspecified atom stereocenters. The number of nitrogens with zero attached hydrogens (tertiary/aromatic N) is 5. The number of aromatic nitrogens is 5. The van der Waals surface area contributed by atoms with Gasteiger partial charge in [0.15, 0.2) is 5.82 Å². The van der Waals surface area contributed by atoms with Crippen LogP contribution in [-0.2, 0) is 13.1 Å². The molecule has 0 amide bonds. The lowest BCUT2D eigenvalue weighted by molar-refractivity contribution is 0.175. The molecular formula is C28H30N6O2S. The number of rotatable bonds is 8. The fourth-order valence-corrected chi connectivity index (χ4v) is 6.17. The maximum Gasteiger partial charge on any atom is 0.253 e. The highest BCUT2D eigenvalue weighted by atomic mass is 32.1. The Kier molecular flexibility index (Phi) is 6.72. The van der Waals surface area contributed by atoms with Crippen molar-refractivity contribution in [1.82, 2.24) is 30.1 Å². The van der Waals surface area contributed by atoms with Crippen LogP contribution >= 0.6 is 11.3 Å². The number of hydrogen-bond donors (Lipinski definition) is 1. The summed E-state index contributed by atoms with van der Waals surface area (Å²) in [4.78, 5) is 20.3. The van der Waals surface area contributed by atoms with Crippen molar-refractivity contribution in [2.45, 2.75) is 64.2 Å². The van der Waals surface area contributed by atoms with Gasteiger partial charge in [-0.05, 0) is 76.9 Å². The second kappa shape index (κ2) is 10.4. The number of hydrogen-bond acceptors (Lipinski definition) is 7. The number of fused-ring (bicyclic) bond motifs is 1. The van der Waals surface area contributed by atoms with Crippen LogP contribution in [0.2, 0.25) is 0 Å². The fraction of sp³-hybridized carbons (Fsp3) is 0.357. The van der Waals surface area contributed by atoms with Gasteiger partial charge in [0.1, 0.15) is 11.8 Å². The maximum absolute atomic E-state index is 13.7. The van der Waals surface area contributed by atoms with Gasteiger partial charge in [0.2, 0.25) is 0 Å². The first-order valence-corrected chi connectivity index (χ1v) is 13.7. The Morgan fingerprint density at radius 2 is 2.03 bits per heavy atom. The summed E-state index contributed by atoms with van der Waals surface area (Å²) in [5.41, 5.74) is 2.43. The average molecular weight is 515 g/mol. The van der Waals surface area contributed by atoms with E-state index >= 15 is 0 Å². The summed E-state index contributed by atoms with van der Waals surface area (Å²) in [6.45, 7) is 3.17. The van der Waals surface area contributed by atoms with Crippen LogP contribution in [0.1, 0.15) is 71.8 Å². The zero-order valence-electron chi connectivity index (χ0n) is 20.8. The molecule has 1 fully saturated rings. The second-order valence-corrected chi connectivity index (χ2v) is 10.9. The third-order valence-electron chi connectivity index (χ3n) is 7.25. The van der Waals surface area contributed by atoms with Gasteiger partial charge >= 0.3 is 0 Å². The molecule has 4 heterocycles. The standard InChI is InChI=1S/C28H30N6O2S/c1-19-11-12-20-16-24(28(35)29-25(20)15-19)26(27-30-31-32-34(27)21-7-3-2-4-8-21)33(17-22-9-5-13-36-22)18-23-10-6-14-37-23/h5-6,9-16,21,26H,2-4,7-8,17-18H2,1H3,(H,29,35)/t26-/m0/s1. The molecule has 1 saturated carbocycles. The lowest BCUT2D eigenvalue weighted by atomic mass is 9.95. The van der Waals surface area contributed by atoms with Crippen molar-refractivity contribution >= 4 is 22.2 Å². The number of nitrogens with one attached hydrogen (secondary N) is 1. The van der Waals surface area contributed by atoms with Gasteiger partial charge in [0.05, 0.1) is 18.8 Å². The first-order chi connectivity index (χ1) is 18.2. The molecule has 5 aromatic rings. The highest BCUT2D eigenvalue weighted by Crippen LogP contribution is 2.35. The predicted octanol–water partition coefficient (Wildman–Crippen LogP) is 5.77. The number of furan rings is 1. The molecule has 37 heavy (non-hydrogen) atoms. The largest absolute Gasteiger partial charge is 0.468 e. The molecular weight excluding hydrogens is 484 g/mol. The van der Waals surface area contributed by atoms with E-state index in [1.165, 1.54) is 11.3 Å². The average Bonchev–Trinajstić information content (AvgIpc) is 3.69. The van der Waals surface area contributed by atoms with Gasteiger partial charge in [-0.25, -0.2) is 4.68 Å². The van der Waals surface area contributed by atoms with Gasteiger partial charge in [0.25, 0.3) is 5.56 Å². The van der Waals surface area contributed by atoms with Gasteiger partial charge < -0.3 is 9.40 Å². The molecule has 9 heteroatoms. The van der Waals surface area contributed by atoms with E-state index in [0.29, 0.717) is 24.5 Å². The smallest absolute Gasteiger partial charge is 0.253 e. The summed E-state index contributed by atoms with van der Waals surface area (Å²) < 4.78 is 7.74. The van der Waals surface area contributed by atoms with Crippen LogP contribution in [0.25, 0.3) is 10.9 Å². The van der Waals surface area contributed by atoms with Crippen LogP contribution < -0.4 is 5.56 Å². The Bertz CT molecular complexity index is 1480.